The first-order chi connectivity index (χ1) is 10.2. The van der Waals surface area contributed by atoms with Crippen LogP contribution in [-0.4, -0.2) is 64.2 Å². The van der Waals surface area contributed by atoms with Gasteiger partial charge in [-0.3, -0.25) is 9.59 Å². The van der Waals surface area contributed by atoms with E-state index in [-0.39, 0.29) is 43.2 Å². The maximum Gasteiger partial charge on any atom is 0.471 e. The van der Waals surface area contributed by atoms with Crippen molar-refractivity contribution in [1.82, 2.24) is 9.80 Å². The summed E-state index contributed by atoms with van der Waals surface area (Å²) in [5.74, 6) is -3.05. The number of phenolic OH excluding ortho intramolecular Hbond substituents is 2. The van der Waals surface area contributed by atoms with Crippen molar-refractivity contribution < 1.29 is 33.0 Å². The van der Waals surface area contributed by atoms with Gasteiger partial charge in [0.15, 0.2) is 0 Å². The number of aromatic hydroxyl groups is 2. The topological polar surface area (TPSA) is 81.1 Å². The Hall–Kier alpha value is -2.45. The van der Waals surface area contributed by atoms with Crippen LogP contribution in [0.5, 0.6) is 11.5 Å². The Kier molecular flexibility index (Phi) is 4.16. The molecule has 6 nitrogen and oxygen atoms in total. The highest BCUT2D eigenvalue weighted by atomic mass is 19.4. The quantitative estimate of drug-likeness (QED) is 0.808. The number of halogens is 3. The zero-order valence-electron chi connectivity index (χ0n) is 11.3. The maximum atomic E-state index is 12.3. The average molecular weight is 318 g/mol. The Labute approximate surface area is 123 Å². The second-order valence-corrected chi connectivity index (χ2v) is 4.82. The SMILES string of the molecule is O=C(c1cc(O)cc(O)c1)N1CCN(C(=O)C(F)(F)F)CC1. The minimum absolute atomic E-state index is 0.0214. The van der Waals surface area contributed by atoms with Gasteiger partial charge in [0.25, 0.3) is 5.91 Å². The number of alkyl halides is 3. The normalized spacial score (nSPS) is 15.8. The van der Waals surface area contributed by atoms with Crippen molar-refractivity contribution in [2.75, 3.05) is 26.2 Å². The highest BCUT2D eigenvalue weighted by Gasteiger charge is 2.43. The summed E-state index contributed by atoms with van der Waals surface area (Å²) in [6, 6.07) is 3.35. The smallest absolute Gasteiger partial charge is 0.471 e. The number of piperazine rings is 1. The van der Waals surface area contributed by atoms with Crippen LogP contribution in [0.25, 0.3) is 0 Å². The van der Waals surface area contributed by atoms with Gasteiger partial charge in [0, 0.05) is 37.8 Å². The third-order valence-corrected chi connectivity index (χ3v) is 3.25. The van der Waals surface area contributed by atoms with Crippen molar-refractivity contribution in [1.29, 1.82) is 0 Å². The van der Waals surface area contributed by atoms with E-state index in [9.17, 15) is 33.0 Å². The molecule has 0 atom stereocenters. The van der Waals surface area contributed by atoms with Gasteiger partial charge in [-0.1, -0.05) is 0 Å². The molecule has 0 aliphatic carbocycles. The van der Waals surface area contributed by atoms with Gasteiger partial charge in [-0.25, -0.2) is 0 Å². The van der Waals surface area contributed by atoms with Gasteiger partial charge in [0.05, 0.1) is 0 Å². The number of carbonyl (C=O) groups is 2. The van der Waals surface area contributed by atoms with Gasteiger partial charge in [-0.15, -0.1) is 0 Å². The molecule has 2 amide bonds. The van der Waals surface area contributed by atoms with Crippen LogP contribution >= 0.6 is 0 Å². The van der Waals surface area contributed by atoms with Crippen molar-refractivity contribution in [3.05, 3.63) is 23.8 Å². The minimum atomic E-state index is -4.93. The monoisotopic (exact) mass is 318 g/mol. The van der Waals surface area contributed by atoms with Crippen molar-refractivity contribution in [2.24, 2.45) is 0 Å². The second kappa shape index (κ2) is 5.74. The lowest BCUT2D eigenvalue weighted by Gasteiger charge is -2.35. The number of carbonyl (C=O) groups excluding carboxylic acids is 2. The van der Waals surface area contributed by atoms with Gasteiger partial charge in [-0.05, 0) is 12.1 Å². The Balaban J connectivity index is 2.02. The van der Waals surface area contributed by atoms with Crippen molar-refractivity contribution in [3.8, 4) is 11.5 Å². The third-order valence-electron chi connectivity index (χ3n) is 3.25. The molecule has 2 N–H and O–H groups in total. The molecule has 1 aliphatic rings. The zero-order valence-corrected chi connectivity index (χ0v) is 11.3. The highest BCUT2D eigenvalue weighted by Crippen LogP contribution is 2.23. The van der Waals surface area contributed by atoms with Crippen molar-refractivity contribution in [3.63, 3.8) is 0 Å². The standard InChI is InChI=1S/C13H13F3N2O4/c14-13(15,16)12(22)18-3-1-17(2-4-18)11(21)8-5-9(19)7-10(20)6-8/h5-7,19-20H,1-4H2. The fourth-order valence-electron chi connectivity index (χ4n) is 2.19. The summed E-state index contributed by atoms with van der Waals surface area (Å²) in [5, 5.41) is 18.7. The van der Waals surface area contributed by atoms with Crippen LogP contribution in [0.3, 0.4) is 0 Å². The molecule has 22 heavy (non-hydrogen) atoms. The molecule has 1 aliphatic heterocycles. The summed E-state index contributed by atoms with van der Waals surface area (Å²) in [7, 11) is 0. The zero-order chi connectivity index (χ0) is 16.5. The summed E-state index contributed by atoms with van der Waals surface area (Å²) in [6.07, 6.45) is -4.93. The van der Waals surface area contributed by atoms with Crippen LogP contribution in [0.15, 0.2) is 18.2 Å². The van der Waals surface area contributed by atoms with Crippen LogP contribution in [0.1, 0.15) is 10.4 Å². The number of hydrogen-bond donors (Lipinski definition) is 2. The summed E-state index contributed by atoms with van der Waals surface area (Å²) in [6.45, 7) is -0.572. The van der Waals surface area contributed by atoms with Crippen LogP contribution in [0.2, 0.25) is 0 Å². The van der Waals surface area contributed by atoms with Crippen molar-refractivity contribution in [2.45, 2.75) is 6.18 Å². The molecule has 9 heteroatoms. The van der Waals surface area contributed by atoms with E-state index in [2.05, 4.69) is 0 Å². The lowest BCUT2D eigenvalue weighted by Crippen LogP contribution is -2.53. The summed E-state index contributed by atoms with van der Waals surface area (Å²) in [4.78, 5) is 25.1. The molecule has 1 aromatic carbocycles. The summed E-state index contributed by atoms with van der Waals surface area (Å²) < 4.78 is 36.9. The molecule has 1 heterocycles. The van der Waals surface area contributed by atoms with Gasteiger partial charge in [0.2, 0.25) is 0 Å². The molecule has 0 unspecified atom stereocenters. The first-order valence-corrected chi connectivity index (χ1v) is 6.37. The molecule has 0 saturated carbocycles. The van der Waals surface area contributed by atoms with E-state index in [0.29, 0.717) is 4.90 Å². The molecule has 1 fully saturated rings. The minimum Gasteiger partial charge on any atom is -0.508 e. The van der Waals surface area contributed by atoms with Gasteiger partial charge in [0.1, 0.15) is 11.5 Å². The van der Waals surface area contributed by atoms with Gasteiger partial charge >= 0.3 is 12.1 Å². The maximum absolute atomic E-state index is 12.3. The molecule has 0 radical (unpaired) electrons. The van der Waals surface area contributed by atoms with E-state index >= 15 is 0 Å². The molecule has 120 valence electrons. The van der Waals surface area contributed by atoms with Crippen molar-refractivity contribution >= 4 is 11.8 Å². The molecule has 1 saturated heterocycles. The summed E-state index contributed by atoms with van der Waals surface area (Å²) in [5.41, 5.74) is 0.0214. The predicted octanol–water partition coefficient (Wildman–Crippen LogP) is 0.944. The van der Waals surface area contributed by atoms with Crippen LogP contribution in [0, 0.1) is 0 Å². The molecule has 0 bridgehead atoms. The number of hydrogen-bond acceptors (Lipinski definition) is 4. The Morgan fingerprint density at radius 1 is 0.909 bits per heavy atom. The first-order valence-electron chi connectivity index (χ1n) is 6.37. The van der Waals surface area contributed by atoms with E-state index in [1.165, 1.54) is 4.90 Å². The molecular weight excluding hydrogens is 305 g/mol. The number of phenols is 2. The molecule has 2 rings (SSSR count). The van der Waals surface area contributed by atoms with E-state index in [1.54, 1.807) is 0 Å². The molecule has 1 aromatic rings. The number of amides is 2. The molecule has 0 aromatic heterocycles. The lowest BCUT2D eigenvalue weighted by atomic mass is 10.1. The fourth-order valence-corrected chi connectivity index (χ4v) is 2.19. The lowest BCUT2D eigenvalue weighted by molar-refractivity contribution is -0.186. The molecule has 0 spiro atoms. The number of nitrogens with zero attached hydrogens (tertiary/aromatic N) is 2. The predicted molar refractivity (Wildman–Crippen MR) is 68.3 cm³/mol. The van der Waals surface area contributed by atoms with E-state index in [0.717, 1.165) is 18.2 Å². The Morgan fingerprint density at radius 3 is 1.82 bits per heavy atom. The third kappa shape index (κ3) is 3.41. The number of rotatable bonds is 1. The first kappa shape index (κ1) is 15.9. The number of benzene rings is 1. The van der Waals surface area contributed by atoms with Crippen LogP contribution in [0.4, 0.5) is 13.2 Å². The van der Waals surface area contributed by atoms with Gasteiger partial charge in [-0.2, -0.15) is 13.2 Å². The average Bonchev–Trinajstić information content (AvgIpc) is 2.44. The Morgan fingerprint density at radius 2 is 1.36 bits per heavy atom. The second-order valence-electron chi connectivity index (χ2n) is 4.82. The van der Waals surface area contributed by atoms with Crippen LogP contribution < -0.4 is 0 Å². The molecular formula is C13H13F3N2O4. The summed E-state index contributed by atoms with van der Waals surface area (Å²) >= 11 is 0. The highest BCUT2D eigenvalue weighted by molar-refractivity contribution is 5.95. The largest absolute Gasteiger partial charge is 0.508 e. The van der Waals surface area contributed by atoms with E-state index < -0.39 is 18.0 Å². The van der Waals surface area contributed by atoms with E-state index in [4.69, 9.17) is 0 Å². The van der Waals surface area contributed by atoms with Crippen LogP contribution in [-0.2, 0) is 4.79 Å². The Bertz CT molecular complexity index is 575. The fraction of sp³-hybridized carbons (Fsp3) is 0.385. The van der Waals surface area contributed by atoms with E-state index in [1.807, 2.05) is 0 Å². The van der Waals surface area contributed by atoms with Gasteiger partial charge < -0.3 is 20.0 Å².